The van der Waals surface area contributed by atoms with Gasteiger partial charge >= 0.3 is 6.18 Å². The maximum atomic E-state index is 12.3. The molecular weight excluding hydrogens is 431 g/mol. The predicted octanol–water partition coefficient (Wildman–Crippen LogP) is 4.96. The minimum atomic E-state index is -4.20. The van der Waals surface area contributed by atoms with Crippen LogP contribution in [0.25, 0.3) is 23.0 Å². The highest BCUT2D eigenvalue weighted by atomic mass is 19.4. The second kappa shape index (κ2) is 8.59. The van der Waals surface area contributed by atoms with Crippen molar-refractivity contribution in [2.24, 2.45) is 12.5 Å². The average Bonchev–Trinajstić information content (AvgIpc) is 3.30. The van der Waals surface area contributed by atoms with Gasteiger partial charge in [0.1, 0.15) is 0 Å². The van der Waals surface area contributed by atoms with Gasteiger partial charge in [-0.2, -0.15) is 23.3 Å². The van der Waals surface area contributed by atoms with Gasteiger partial charge in [-0.1, -0.05) is 19.0 Å². The van der Waals surface area contributed by atoms with Gasteiger partial charge in [0.15, 0.2) is 5.69 Å². The molecule has 2 heterocycles. The molecule has 33 heavy (non-hydrogen) atoms. The summed E-state index contributed by atoms with van der Waals surface area (Å²) in [5.41, 5.74) is 7.22. The molecular formula is C24H30F3N5O. The van der Waals surface area contributed by atoms with Crippen molar-refractivity contribution in [1.82, 2.24) is 25.2 Å². The molecule has 0 fully saturated rings. The summed E-state index contributed by atoms with van der Waals surface area (Å²) in [6, 6.07) is 3.91. The Bertz CT molecular complexity index is 1140. The van der Waals surface area contributed by atoms with Crippen LogP contribution in [0, 0.1) is 19.3 Å². The molecule has 0 aliphatic heterocycles. The number of fused-ring (bicyclic) bond motifs is 1. The van der Waals surface area contributed by atoms with Crippen LogP contribution in [-0.2, 0) is 26.3 Å². The van der Waals surface area contributed by atoms with Crippen molar-refractivity contribution in [3.63, 3.8) is 0 Å². The Kier molecular flexibility index (Phi) is 6.11. The van der Waals surface area contributed by atoms with Gasteiger partial charge in [-0.3, -0.25) is 4.68 Å². The van der Waals surface area contributed by atoms with Crippen LogP contribution in [0.4, 0.5) is 13.2 Å². The van der Waals surface area contributed by atoms with E-state index in [1.54, 1.807) is 0 Å². The van der Waals surface area contributed by atoms with Crippen LogP contribution >= 0.6 is 0 Å². The van der Waals surface area contributed by atoms with Gasteiger partial charge < -0.3 is 9.84 Å². The maximum Gasteiger partial charge on any atom is 0.401 e. The summed E-state index contributed by atoms with van der Waals surface area (Å²) in [6.45, 7) is 7.72. The van der Waals surface area contributed by atoms with Crippen molar-refractivity contribution in [2.75, 3.05) is 13.1 Å². The Morgan fingerprint density at radius 1 is 1.18 bits per heavy atom. The molecule has 0 unspecified atom stereocenters. The lowest BCUT2D eigenvalue weighted by Gasteiger charge is -2.29. The maximum absolute atomic E-state index is 12.3. The van der Waals surface area contributed by atoms with E-state index in [2.05, 4.69) is 34.4 Å². The molecule has 1 aliphatic rings. The molecule has 0 saturated heterocycles. The van der Waals surface area contributed by atoms with E-state index in [-0.39, 0.29) is 12.0 Å². The number of nitrogens with one attached hydrogen (secondary N) is 1. The third kappa shape index (κ3) is 5.13. The number of benzene rings is 1. The third-order valence-corrected chi connectivity index (χ3v) is 6.43. The number of hydrogen-bond donors (Lipinski definition) is 1. The molecule has 0 amide bonds. The highest BCUT2D eigenvalue weighted by molar-refractivity contribution is 5.63. The van der Waals surface area contributed by atoms with Crippen LogP contribution < -0.4 is 5.32 Å². The lowest BCUT2D eigenvalue weighted by atomic mass is 9.76. The molecule has 0 saturated carbocycles. The number of aryl methyl sites for hydroxylation is 3. The topological polar surface area (TPSA) is 68.8 Å². The first-order valence-electron chi connectivity index (χ1n) is 11.2. The van der Waals surface area contributed by atoms with Crippen LogP contribution in [0.15, 0.2) is 16.7 Å². The summed E-state index contributed by atoms with van der Waals surface area (Å²) in [5.74, 6) is 0.894. The van der Waals surface area contributed by atoms with Gasteiger partial charge in [-0.25, -0.2) is 0 Å². The second-order valence-electron chi connectivity index (χ2n) is 9.79. The molecule has 0 atom stereocenters. The Hall–Kier alpha value is -2.68. The van der Waals surface area contributed by atoms with Crippen molar-refractivity contribution < 1.29 is 17.7 Å². The first kappa shape index (κ1) is 23.5. The van der Waals surface area contributed by atoms with Gasteiger partial charge in [-0.15, -0.1) is 0 Å². The molecule has 6 nitrogen and oxygen atoms in total. The highest BCUT2D eigenvalue weighted by Crippen LogP contribution is 2.38. The van der Waals surface area contributed by atoms with Crippen LogP contribution in [0.3, 0.4) is 0 Å². The lowest BCUT2D eigenvalue weighted by Crippen LogP contribution is -2.30. The van der Waals surface area contributed by atoms with E-state index >= 15 is 0 Å². The standard InChI is InChI=1S/C24H30F3N5O/c1-14-10-16(11-15(2)17(14)7-9-28-13-24(25,26)27)21-29-22(33-31-21)20-18-6-8-23(3,4)12-19(18)32(5)30-20/h10-11,28H,6-9,12-13H2,1-5H3. The first-order valence-corrected chi connectivity index (χ1v) is 11.2. The minimum absolute atomic E-state index is 0.247. The number of rotatable bonds is 6. The van der Waals surface area contributed by atoms with Gasteiger partial charge in [0.05, 0.1) is 6.54 Å². The van der Waals surface area contributed by atoms with E-state index in [0.29, 0.717) is 18.1 Å². The smallest absolute Gasteiger partial charge is 0.332 e. The Labute approximate surface area is 191 Å². The Morgan fingerprint density at radius 2 is 1.88 bits per heavy atom. The van der Waals surface area contributed by atoms with Crippen molar-refractivity contribution in [1.29, 1.82) is 0 Å². The van der Waals surface area contributed by atoms with Crippen LogP contribution in [0.5, 0.6) is 0 Å². The minimum Gasteiger partial charge on any atom is -0.332 e. The normalized spacial score (nSPS) is 15.6. The molecule has 0 bridgehead atoms. The van der Waals surface area contributed by atoms with E-state index in [1.807, 2.05) is 37.7 Å². The molecule has 0 radical (unpaired) electrons. The summed E-state index contributed by atoms with van der Waals surface area (Å²) in [5, 5.41) is 11.3. The predicted molar refractivity (Wildman–Crippen MR) is 120 cm³/mol. The molecule has 2 aromatic heterocycles. The number of halogens is 3. The van der Waals surface area contributed by atoms with Crippen LogP contribution in [-0.4, -0.2) is 39.2 Å². The van der Waals surface area contributed by atoms with Crippen LogP contribution in [0.2, 0.25) is 0 Å². The molecule has 1 aliphatic carbocycles. The van der Waals surface area contributed by atoms with E-state index in [1.165, 1.54) is 11.3 Å². The summed E-state index contributed by atoms with van der Waals surface area (Å²) < 4.78 is 44.6. The van der Waals surface area contributed by atoms with Gasteiger partial charge in [0.2, 0.25) is 5.82 Å². The largest absolute Gasteiger partial charge is 0.401 e. The average molecular weight is 462 g/mol. The van der Waals surface area contributed by atoms with Crippen molar-refractivity contribution in [3.8, 4) is 23.0 Å². The van der Waals surface area contributed by atoms with E-state index in [4.69, 9.17) is 4.52 Å². The van der Waals surface area contributed by atoms with Crippen molar-refractivity contribution in [2.45, 2.75) is 59.6 Å². The number of nitrogens with zero attached hydrogens (tertiary/aromatic N) is 4. The van der Waals surface area contributed by atoms with Crippen LogP contribution in [0.1, 0.15) is 48.2 Å². The third-order valence-electron chi connectivity index (χ3n) is 6.43. The molecule has 1 aromatic carbocycles. The summed E-state index contributed by atoms with van der Waals surface area (Å²) in [6.07, 6.45) is -0.713. The van der Waals surface area contributed by atoms with Crippen molar-refractivity contribution >= 4 is 0 Å². The quantitative estimate of drug-likeness (QED) is 0.526. The molecule has 178 valence electrons. The number of alkyl halides is 3. The molecule has 1 N–H and O–H groups in total. The molecule has 3 aromatic rings. The monoisotopic (exact) mass is 461 g/mol. The zero-order valence-electron chi connectivity index (χ0n) is 19.7. The number of hydrogen-bond acceptors (Lipinski definition) is 5. The zero-order chi connectivity index (χ0) is 24.0. The summed E-state index contributed by atoms with van der Waals surface area (Å²) >= 11 is 0. The fraction of sp³-hybridized carbons (Fsp3) is 0.542. The Balaban J connectivity index is 1.54. The molecule has 4 rings (SSSR count). The number of aromatic nitrogens is 4. The molecule has 0 spiro atoms. The van der Waals surface area contributed by atoms with Gasteiger partial charge in [0.25, 0.3) is 5.89 Å². The van der Waals surface area contributed by atoms with E-state index in [9.17, 15) is 13.2 Å². The highest BCUT2D eigenvalue weighted by Gasteiger charge is 2.32. The molecule has 9 heteroatoms. The van der Waals surface area contributed by atoms with E-state index < -0.39 is 12.7 Å². The van der Waals surface area contributed by atoms with Gasteiger partial charge in [0, 0.05) is 23.9 Å². The zero-order valence-corrected chi connectivity index (χ0v) is 19.7. The van der Waals surface area contributed by atoms with Crippen molar-refractivity contribution in [3.05, 3.63) is 40.1 Å². The van der Waals surface area contributed by atoms with Gasteiger partial charge in [-0.05, 0) is 80.3 Å². The summed E-state index contributed by atoms with van der Waals surface area (Å²) in [4.78, 5) is 4.63. The first-order chi connectivity index (χ1) is 15.4. The van der Waals surface area contributed by atoms with E-state index in [0.717, 1.165) is 47.2 Å². The Morgan fingerprint density at radius 3 is 2.55 bits per heavy atom. The SMILES string of the molecule is Cc1cc(-c2noc(-c3nn(C)c4c3CCC(C)(C)C4)n2)cc(C)c1CCNCC(F)(F)F. The summed E-state index contributed by atoms with van der Waals surface area (Å²) in [7, 11) is 1.95. The lowest BCUT2D eigenvalue weighted by molar-refractivity contribution is -0.124. The fourth-order valence-electron chi connectivity index (χ4n) is 4.66. The second-order valence-corrected chi connectivity index (χ2v) is 9.79. The fourth-order valence-corrected chi connectivity index (χ4v) is 4.66.